The first kappa shape index (κ1) is 29.5. The Balaban J connectivity index is 1.16. The summed E-state index contributed by atoms with van der Waals surface area (Å²) in [4.78, 5) is 15.8. The summed E-state index contributed by atoms with van der Waals surface area (Å²) in [5.41, 5.74) is 8.14. The number of rotatable bonds is 4. The molecule has 52 heavy (non-hydrogen) atoms. The summed E-state index contributed by atoms with van der Waals surface area (Å²) in [7, 11) is 0. The van der Waals surface area contributed by atoms with Gasteiger partial charge in [0.25, 0.3) is 0 Å². The number of furan rings is 1. The van der Waals surface area contributed by atoms with E-state index in [4.69, 9.17) is 19.4 Å². The minimum atomic E-state index is 0.263. The molecule has 0 saturated carbocycles. The molecule has 0 fully saturated rings. The van der Waals surface area contributed by atoms with Crippen molar-refractivity contribution < 1.29 is 4.42 Å². The second-order valence-electron chi connectivity index (χ2n) is 13.9. The molecule has 11 rings (SSSR count). The average Bonchev–Trinajstić information content (AvgIpc) is 3.78. The highest BCUT2D eigenvalue weighted by Crippen LogP contribution is 2.44. The smallest absolute Gasteiger partial charge is 0.164 e. The van der Waals surface area contributed by atoms with Crippen molar-refractivity contribution in [3.63, 3.8) is 0 Å². The lowest BCUT2D eigenvalue weighted by atomic mass is 9.83. The van der Waals surface area contributed by atoms with Gasteiger partial charge in [-0.2, -0.15) is 0 Å². The van der Waals surface area contributed by atoms with Gasteiger partial charge in [0.2, 0.25) is 0 Å². The normalized spacial score (nSPS) is 20.4. The van der Waals surface area contributed by atoms with Gasteiger partial charge in [0.15, 0.2) is 17.5 Å². The number of para-hydroxylation sites is 1. The largest absolute Gasteiger partial charge is 0.456 e. The Kier molecular flexibility index (Phi) is 6.64. The minimum absolute atomic E-state index is 0.263. The molecule has 3 heterocycles. The molecule has 7 aromatic rings. The number of aromatic nitrogens is 3. The van der Waals surface area contributed by atoms with E-state index in [9.17, 15) is 0 Å². The maximum Gasteiger partial charge on any atom is 0.164 e. The molecule has 0 amide bonds. The summed E-state index contributed by atoms with van der Waals surface area (Å²) in [6.45, 7) is 0. The zero-order chi connectivity index (χ0) is 34.2. The number of benzene rings is 4. The van der Waals surface area contributed by atoms with E-state index in [1.807, 2.05) is 23.5 Å². The first-order valence-corrected chi connectivity index (χ1v) is 18.7. The molecule has 0 radical (unpaired) electrons. The van der Waals surface area contributed by atoms with Crippen molar-refractivity contribution in [3.05, 3.63) is 175 Å². The van der Waals surface area contributed by atoms with Crippen molar-refractivity contribution >= 4 is 64.6 Å². The van der Waals surface area contributed by atoms with E-state index in [1.165, 1.54) is 31.3 Å². The number of hydrogen-bond acceptors (Lipinski definition) is 5. The summed E-state index contributed by atoms with van der Waals surface area (Å²) in [6.07, 6.45) is 29.7. The van der Waals surface area contributed by atoms with Crippen molar-refractivity contribution in [3.8, 4) is 22.5 Å². The predicted octanol–water partition coefficient (Wildman–Crippen LogP) is 12.2. The van der Waals surface area contributed by atoms with Gasteiger partial charge in [-0.15, -0.1) is 11.3 Å². The van der Waals surface area contributed by atoms with Crippen LogP contribution in [0.2, 0.25) is 0 Å². The summed E-state index contributed by atoms with van der Waals surface area (Å²) < 4.78 is 9.16. The van der Waals surface area contributed by atoms with Crippen LogP contribution in [0.15, 0.2) is 168 Å². The van der Waals surface area contributed by atoms with Gasteiger partial charge >= 0.3 is 0 Å². The van der Waals surface area contributed by atoms with Gasteiger partial charge in [-0.05, 0) is 53.5 Å². The van der Waals surface area contributed by atoms with Gasteiger partial charge < -0.3 is 4.42 Å². The molecule has 0 saturated heterocycles. The van der Waals surface area contributed by atoms with Gasteiger partial charge in [0, 0.05) is 65.4 Å². The van der Waals surface area contributed by atoms with E-state index >= 15 is 0 Å². The molecule has 4 nitrogen and oxygen atoms in total. The van der Waals surface area contributed by atoms with Gasteiger partial charge in [0.05, 0.1) is 0 Å². The van der Waals surface area contributed by atoms with Crippen molar-refractivity contribution in [2.24, 2.45) is 17.8 Å². The number of hydrogen-bond donors (Lipinski definition) is 0. The molecule has 4 aliphatic carbocycles. The van der Waals surface area contributed by atoms with E-state index in [1.54, 1.807) is 0 Å². The highest BCUT2D eigenvalue weighted by molar-refractivity contribution is 7.26. The molecule has 3 atom stereocenters. The lowest BCUT2D eigenvalue weighted by Gasteiger charge is -2.23. The summed E-state index contributed by atoms with van der Waals surface area (Å²) in [6, 6.07) is 28.0. The molecule has 0 spiro atoms. The Hall–Kier alpha value is -6.17. The summed E-state index contributed by atoms with van der Waals surface area (Å²) >= 11 is 1.83. The van der Waals surface area contributed by atoms with E-state index in [2.05, 4.69) is 146 Å². The Morgan fingerprint density at radius 3 is 2.35 bits per heavy atom. The van der Waals surface area contributed by atoms with E-state index in [0.29, 0.717) is 29.3 Å². The van der Waals surface area contributed by atoms with Crippen LogP contribution in [0.1, 0.15) is 18.1 Å². The lowest BCUT2D eigenvalue weighted by Crippen LogP contribution is -2.13. The molecule has 0 N–H and O–H groups in total. The van der Waals surface area contributed by atoms with Gasteiger partial charge in [-0.3, -0.25) is 0 Å². The standard InChI is InChI=1S/C47H31N3OS/c1-3-12-30-24-32(22-20-28(30)10-1)45-48-46(33-23-21-29-11-2-4-13-31(29)25-33)50-47(49-45)39-26-34(27-41-43(39)38-15-5-7-18-40(38)51-41)35-16-9-17-37-36-14-6-8-19-42(36)52-44(35)37/h1-20,22-30H,21H2. The first-order valence-electron chi connectivity index (χ1n) is 17.9. The van der Waals surface area contributed by atoms with Crippen LogP contribution >= 0.6 is 11.3 Å². The minimum Gasteiger partial charge on any atom is -0.456 e. The second kappa shape index (κ2) is 11.7. The number of allylic oxidation sites excluding steroid dienone is 16. The van der Waals surface area contributed by atoms with Crippen LogP contribution in [-0.4, -0.2) is 15.0 Å². The number of fused-ring (bicyclic) bond motifs is 8. The maximum absolute atomic E-state index is 6.62. The Bertz CT molecular complexity index is 2880. The lowest BCUT2D eigenvalue weighted by molar-refractivity contribution is 0.662. The second-order valence-corrected chi connectivity index (χ2v) is 14.9. The highest BCUT2D eigenvalue weighted by Gasteiger charge is 2.25. The van der Waals surface area contributed by atoms with Crippen LogP contribution < -0.4 is 0 Å². The topological polar surface area (TPSA) is 51.8 Å². The fraction of sp³-hybridized carbons (Fsp3) is 0.0851. The van der Waals surface area contributed by atoms with E-state index < -0.39 is 0 Å². The number of thiophene rings is 1. The Morgan fingerprint density at radius 2 is 1.40 bits per heavy atom. The quantitative estimate of drug-likeness (QED) is 0.185. The van der Waals surface area contributed by atoms with Crippen LogP contribution in [0.3, 0.4) is 0 Å². The SMILES string of the molecule is C1=CC2=CC(c3nc(C4=CC5C=CC=CC5C=C4)nc(-c4cc(-c5cccc6c5sc5ccccc56)cc5oc6ccccc6c45)n3)=CCC2C=C1. The zero-order valence-electron chi connectivity index (χ0n) is 28.1. The fourth-order valence-electron chi connectivity index (χ4n) is 8.16. The molecule has 3 unspecified atom stereocenters. The zero-order valence-corrected chi connectivity index (χ0v) is 28.9. The molecule has 0 aliphatic heterocycles. The monoisotopic (exact) mass is 685 g/mol. The third-order valence-electron chi connectivity index (χ3n) is 10.8. The molecular formula is C47H31N3OS. The molecule has 4 aromatic carbocycles. The van der Waals surface area contributed by atoms with Crippen molar-refractivity contribution in [2.75, 3.05) is 0 Å². The first-order chi connectivity index (χ1) is 25.7. The summed E-state index contributed by atoms with van der Waals surface area (Å²) in [5.74, 6) is 2.98. The van der Waals surface area contributed by atoms with Crippen LogP contribution in [0.5, 0.6) is 0 Å². The molecule has 246 valence electrons. The van der Waals surface area contributed by atoms with E-state index in [-0.39, 0.29) is 5.92 Å². The molecule has 5 heteroatoms. The fourth-order valence-corrected chi connectivity index (χ4v) is 9.40. The van der Waals surface area contributed by atoms with Crippen molar-refractivity contribution in [1.29, 1.82) is 0 Å². The van der Waals surface area contributed by atoms with Crippen LogP contribution in [0, 0.1) is 17.8 Å². The highest BCUT2D eigenvalue weighted by atomic mass is 32.1. The van der Waals surface area contributed by atoms with Gasteiger partial charge in [0.1, 0.15) is 11.2 Å². The van der Waals surface area contributed by atoms with Gasteiger partial charge in [-0.1, -0.05) is 128 Å². The Morgan fingerprint density at radius 1 is 0.615 bits per heavy atom. The van der Waals surface area contributed by atoms with Crippen LogP contribution in [0.4, 0.5) is 0 Å². The van der Waals surface area contributed by atoms with Crippen molar-refractivity contribution in [2.45, 2.75) is 6.42 Å². The number of nitrogens with zero attached hydrogens (tertiary/aromatic N) is 3. The average molecular weight is 686 g/mol. The van der Waals surface area contributed by atoms with Gasteiger partial charge in [-0.25, -0.2) is 15.0 Å². The van der Waals surface area contributed by atoms with Crippen LogP contribution in [0.25, 0.3) is 75.8 Å². The maximum atomic E-state index is 6.62. The third-order valence-corrected chi connectivity index (χ3v) is 12.0. The third kappa shape index (κ3) is 4.77. The predicted molar refractivity (Wildman–Crippen MR) is 216 cm³/mol. The summed E-state index contributed by atoms with van der Waals surface area (Å²) in [5, 5.41) is 4.59. The molecule has 0 bridgehead atoms. The Labute approximate surface area is 304 Å². The molecule has 4 aliphatic rings. The van der Waals surface area contributed by atoms with E-state index in [0.717, 1.165) is 50.6 Å². The van der Waals surface area contributed by atoms with Crippen LogP contribution in [-0.2, 0) is 0 Å². The van der Waals surface area contributed by atoms with Crippen molar-refractivity contribution in [1.82, 2.24) is 15.0 Å². The molecular weight excluding hydrogens is 655 g/mol. The molecule has 3 aromatic heterocycles.